The minimum atomic E-state index is -0.270. The van der Waals surface area contributed by atoms with Gasteiger partial charge in [-0.1, -0.05) is 0 Å². The average Bonchev–Trinajstić information content (AvgIpc) is 2.20. The first kappa shape index (κ1) is 12.0. The lowest BCUT2D eigenvalue weighted by Crippen LogP contribution is -2.11. The minimum Gasteiger partial charge on any atom is -0.326 e. The molecule has 0 aliphatic rings. The molecule has 0 aliphatic heterocycles. The van der Waals surface area contributed by atoms with E-state index in [2.05, 4.69) is 5.32 Å². The van der Waals surface area contributed by atoms with Crippen molar-refractivity contribution in [1.82, 2.24) is 0 Å². The molecule has 82 valence electrons. The third-order valence-corrected chi connectivity index (χ3v) is 2.25. The molecule has 0 spiro atoms. The van der Waals surface area contributed by atoms with Crippen LogP contribution in [0.1, 0.15) is 18.4 Å². The largest absolute Gasteiger partial charge is 0.326 e. The molecule has 2 nitrogen and oxygen atoms in total. The molecule has 0 aliphatic carbocycles. The second-order valence-electron chi connectivity index (χ2n) is 3.30. The molecule has 1 rings (SSSR count). The van der Waals surface area contributed by atoms with Crippen LogP contribution in [0.5, 0.6) is 0 Å². The van der Waals surface area contributed by atoms with Gasteiger partial charge in [-0.15, -0.1) is 11.6 Å². The third-order valence-electron chi connectivity index (χ3n) is 1.98. The van der Waals surface area contributed by atoms with Crippen LogP contribution in [0, 0.1) is 12.7 Å². The number of hydrogen-bond acceptors (Lipinski definition) is 1. The van der Waals surface area contributed by atoms with Gasteiger partial charge >= 0.3 is 0 Å². The first-order valence-electron chi connectivity index (χ1n) is 4.75. The molecule has 0 aromatic heterocycles. The number of rotatable bonds is 4. The highest BCUT2D eigenvalue weighted by atomic mass is 35.5. The molecule has 0 atom stereocenters. The fourth-order valence-corrected chi connectivity index (χ4v) is 1.31. The van der Waals surface area contributed by atoms with Crippen LogP contribution in [0.3, 0.4) is 0 Å². The Morgan fingerprint density at radius 2 is 2.27 bits per heavy atom. The minimum absolute atomic E-state index is 0.0957. The predicted octanol–water partition coefficient (Wildman–Crippen LogP) is 3.09. The van der Waals surface area contributed by atoms with Crippen LogP contribution in [0.25, 0.3) is 0 Å². The normalized spacial score (nSPS) is 10.1. The van der Waals surface area contributed by atoms with Crippen LogP contribution in [0.4, 0.5) is 10.1 Å². The molecule has 1 aromatic rings. The molecule has 1 amide bonds. The van der Waals surface area contributed by atoms with Crippen molar-refractivity contribution >= 4 is 23.2 Å². The van der Waals surface area contributed by atoms with E-state index < -0.39 is 0 Å². The smallest absolute Gasteiger partial charge is 0.224 e. The second-order valence-corrected chi connectivity index (χ2v) is 3.68. The van der Waals surface area contributed by atoms with Gasteiger partial charge in [0.05, 0.1) is 0 Å². The Kier molecular flexibility index (Phi) is 4.56. The molecular weight excluding hydrogens is 217 g/mol. The van der Waals surface area contributed by atoms with E-state index in [0.29, 0.717) is 30.0 Å². The monoisotopic (exact) mass is 229 g/mol. The molecule has 0 saturated carbocycles. The highest BCUT2D eigenvalue weighted by Crippen LogP contribution is 2.13. The van der Waals surface area contributed by atoms with E-state index in [1.165, 1.54) is 6.07 Å². The number of amides is 1. The quantitative estimate of drug-likeness (QED) is 0.790. The van der Waals surface area contributed by atoms with Crippen molar-refractivity contribution in [2.24, 2.45) is 0 Å². The number of carbonyl (C=O) groups excluding carboxylic acids is 1. The molecule has 4 heteroatoms. The summed E-state index contributed by atoms with van der Waals surface area (Å²) < 4.78 is 12.9. The number of alkyl halides is 1. The third kappa shape index (κ3) is 3.88. The number of aryl methyl sites for hydroxylation is 1. The van der Waals surface area contributed by atoms with Gasteiger partial charge in [-0.05, 0) is 37.1 Å². The summed E-state index contributed by atoms with van der Waals surface area (Å²) in [4.78, 5) is 11.3. The number of carbonyl (C=O) groups is 1. The number of nitrogens with one attached hydrogen (secondary N) is 1. The standard InChI is InChI=1S/C11H13ClFNO/c1-8-7-9(4-5-10(8)13)14-11(15)3-2-6-12/h4-5,7H,2-3,6H2,1H3,(H,14,15). The maximum atomic E-state index is 12.9. The van der Waals surface area contributed by atoms with Gasteiger partial charge < -0.3 is 5.32 Å². The van der Waals surface area contributed by atoms with Crippen molar-refractivity contribution < 1.29 is 9.18 Å². The van der Waals surface area contributed by atoms with Gasteiger partial charge in [0, 0.05) is 18.0 Å². The van der Waals surface area contributed by atoms with E-state index >= 15 is 0 Å². The van der Waals surface area contributed by atoms with E-state index in [1.54, 1.807) is 19.1 Å². The van der Waals surface area contributed by atoms with Gasteiger partial charge in [-0.3, -0.25) is 4.79 Å². The van der Waals surface area contributed by atoms with Gasteiger partial charge in [0.15, 0.2) is 0 Å². The maximum absolute atomic E-state index is 12.9. The predicted molar refractivity (Wildman–Crippen MR) is 59.7 cm³/mol. The van der Waals surface area contributed by atoms with Crippen molar-refractivity contribution in [3.05, 3.63) is 29.6 Å². The van der Waals surface area contributed by atoms with Gasteiger partial charge in [-0.25, -0.2) is 4.39 Å². The Balaban J connectivity index is 2.57. The number of benzene rings is 1. The summed E-state index contributed by atoms with van der Waals surface area (Å²) in [5, 5.41) is 2.68. The van der Waals surface area contributed by atoms with Crippen LogP contribution < -0.4 is 5.32 Å². The molecule has 0 fully saturated rings. The fourth-order valence-electron chi connectivity index (χ4n) is 1.17. The lowest BCUT2D eigenvalue weighted by atomic mass is 10.2. The highest BCUT2D eigenvalue weighted by molar-refractivity contribution is 6.18. The van der Waals surface area contributed by atoms with Crippen molar-refractivity contribution in [3.63, 3.8) is 0 Å². The van der Waals surface area contributed by atoms with Crippen molar-refractivity contribution in [3.8, 4) is 0 Å². The average molecular weight is 230 g/mol. The van der Waals surface area contributed by atoms with Gasteiger partial charge in [0.1, 0.15) is 5.82 Å². The first-order valence-corrected chi connectivity index (χ1v) is 5.29. The van der Waals surface area contributed by atoms with E-state index in [4.69, 9.17) is 11.6 Å². The molecule has 0 saturated heterocycles. The Hall–Kier alpha value is -1.09. The van der Waals surface area contributed by atoms with E-state index in [9.17, 15) is 9.18 Å². The Bertz CT molecular complexity index is 354. The topological polar surface area (TPSA) is 29.1 Å². The van der Waals surface area contributed by atoms with Crippen molar-refractivity contribution in [2.45, 2.75) is 19.8 Å². The Morgan fingerprint density at radius 1 is 1.53 bits per heavy atom. The van der Waals surface area contributed by atoms with E-state index in [1.807, 2.05) is 0 Å². The summed E-state index contributed by atoms with van der Waals surface area (Å²) in [6.07, 6.45) is 1.04. The van der Waals surface area contributed by atoms with Crippen molar-refractivity contribution in [2.75, 3.05) is 11.2 Å². The SMILES string of the molecule is Cc1cc(NC(=O)CCCCl)ccc1F. The van der Waals surface area contributed by atoms with Crippen LogP contribution in [0.15, 0.2) is 18.2 Å². The summed E-state index contributed by atoms with van der Waals surface area (Å²) in [5.74, 6) is 0.103. The summed E-state index contributed by atoms with van der Waals surface area (Å²) in [6.45, 7) is 1.66. The number of hydrogen-bond donors (Lipinski definition) is 1. The molecule has 0 unspecified atom stereocenters. The van der Waals surface area contributed by atoms with Crippen LogP contribution in [-0.4, -0.2) is 11.8 Å². The van der Waals surface area contributed by atoms with Gasteiger partial charge in [0.25, 0.3) is 0 Å². The summed E-state index contributed by atoms with van der Waals surface area (Å²) in [5.41, 5.74) is 1.14. The summed E-state index contributed by atoms with van der Waals surface area (Å²) in [6, 6.07) is 4.49. The highest BCUT2D eigenvalue weighted by Gasteiger charge is 2.03. The summed E-state index contributed by atoms with van der Waals surface area (Å²) in [7, 11) is 0. The van der Waals surface area contributed by atoms with E-state index in [0.717, 1.165) is 0 Å². The van der Waals surface area contributed by atoms with Crippen LogP contribution in [-0.2, 0) is 4.79 Å². The molecule has 15 heavy (non-hydrogen) atoms. The Morgan fingerprint density at radius 3 is 2.87 bits per heavy atom. The van der Waals surface area contributed by atoms with Crippen LogP contribution >= 0.6 is 11.6 Å². The molecule has 0 radical (unpaired) electrons. The lowest BCUT2D eigenvalue weighted by Gasteiger charge is -2.05. The zero-order chi connectivity index (χ0) is 11.3. The summed E-state index contributed by atoms with van der Waals surface area (Å²) >= 11 is 5.47. The zero-order valence-corrected chi connectivity index (χ0v) is 9.27. The second kappa shape index (κ2) is 5.71. The number of anilines is 1. The van der Waals surface area contributed by atoms with Crippen LogP contribution in [0.2, 0.25) is 0 Å². The lowest BCUT2D eigenvalue weighted by molar-refractivity contribution is -0.116. The van der Waals surface area contributed by atoms with Crippen molar-refractivity contribution in [1.29, 1.82) is 0 Å². The zero-order valence-electron chi connectivity index (χ0n) is 8.52. The van der Waals surface area contributed by atoms with Gasteiger partial charge in [-0.2, -0.15) is 0 Å². The maximum Gasteiger partial charge on any atom is 0.224 e. The van der Waals surface area contributed by atoms with Gasteiger partial charge in [0.2, 0.25) is 5.91 Å². The number of halogens is 2. The molecule has 0 bridgehead atoms. The Labute approximate surface area is 93.4 Å². The molecule has 1 aromatic carbocycles. The molecule has 0 heterocycles. The molecular formula is C11H13ClFNO. The first-order chi connectivity index (χ1) is 7.13. The molecule has 1 N–H and O–H groups in total. The fraction of sp³-hybridized carbons (Fsp3) is 0.364. The van der Waals surface area contributed by atoms with E-state index in [-0.39, 0.29) is 11.7 Å².